The monoisotopic (exact) mass is 463 g/mol. The molecule has 0 fully saturated rings. The number of nitrogens with zero attached hydrogens (tertiary/aromatic N) is 3. The molecule has 33 heavy (non-hydrogen) atoms. The van der Waals surface area contributed by atoms with Gasteiger partial charge in [0.2, 0.25) is 11.8 Å². The molecule has 3 heterocycles. The van der Waals surface area contributed by atoms with Crippen LogP contribution in [-0.4, -0.2) is 29.2 Å². The Morgan fingerprint density at radius 3 is 2.73 bits per heavy atom. The number of carbonyl (C=O) groups is 1. The fraction of sp³-hybridized carbons (Fsp3) is 0.320. The molecule has 2 N–H and O–H groups in total. The summed E-state index contributed by atoms with van der Waals surface area (Å²) in [5, 5.41) is 7.41. The average Bonchev–Trinajstić information content (AvgIpc) is 2.74. The van der Waals surface area contributed by atoms with E-state index in [1.807, 2.05) is 38.1 Å². The van der Waals surface area contributed by atoms with Crippen molar-refractivity contribution in [3.8, 4) is 5.88 Å². The second kappa shape index (κ2) is 8.01. The van der Waals surface area contributed by atoms with Crippen LogP contribution >= 0.6 is 11.6 Å². The highest BCUT2D eigenvalue weighted by Gasteiger charge is 2.31. The first-order valence-corrected chi connectivity index (χ1v) is 11.4. The maximum atomic E-state index is 13.2. The molecular weight excluding hydrogens is 438 g/mol. The number of aryl methyl sites for hydroxylation is 2. The highest BCUT2D eigenvalue weighted by atomic mass is 35.5. The summed E-state index contributed by atoms with van der Waals surface area (Å²) in [5.41, 5.74) is 6.16. The maximum Gasteiger partial charge on any atom is 0.268 e. The second-order valence-corrected chi connectivity index (χ2v) is 9.49. The number of aromatic nitrogens is 2. The topological polar surface area (TPSA) is 79.4 Å². The molecule has 7 nitrogen and oxygen atoms in total. The molecule has 2 aromatic carbocycles. The van der Waals surface area contributed by atoms with Crippen LogP contribution in [0.3, 0.4) is 0 Å². The van der Waals surface area contributed by atoms with E-state index in [0.29, 0.717) is 16.5 Å². The minimum atomic E-state index is -0.180. The summed E-state index contributed by atoms with van der Waals surface area (Å²) in [5.74, 6) is 0.451. The summed E-state index contributed by atoms with van der Waals surface area (Å²) < 4.78 is 5.87. The number of hydrogen-bond acceptors (Lipinski definition) is 6. The van der Waals surface area contributed by atoms with Crippen molar-refractivity contribution in [1.82, 2.24) is 15.3 Å². The van der Waals surface area contributed by atoms with Crippen molar-refractivity contribution in [1.29, 1.82) is 0 Å². The predicted molar refractivity (Wildman–Crippen MR) is 130 cm³/mol. The smallest absolute Gasteiger partial charge is 0.268 e. The lowest BCUT2D eigenvalue weighted by molar-refractivity contribution is 0.0932. The molecule has 0 aliphatic carbocycles. The molecule has 0 radical (unpaired) electrons. The molecule has 0 unspecified atom stereocenters. The van der Waals surface area contributed by atoms with Crippen LogP contribution in [0, 0.1) is 13.8 Å². The van der Waals surface area contributed by atoms with E-state index < -0.39 is 0 Å². The molecule has 1 aromatic heterocycles. The highest BCUT2D eigenvalue weighted by Crippen LogP contribution is 2.37. The zero-order valence-corrected chi connectivity index (χ0v) is 19.9. The van der Waals surface area contributed by atoms with Gasteiger partial charge in [0, 0.05) is 22.4 Å². The third-order valence-electron chi connectivity index (χ3n) is 6.28. The largest absolute Gasteiger partial charge is 0.455 e. The zero-order chi connectivity index (χ0) is 23.3. The van der Waals surface area contributed by atoms with E-state index in [9.17, 15) is 4.79 Å². The van der Waals surface area contributed by atoms with Crippen LogP contribution in [0.5, 0.6) is 5.88 Å². The number of hydrogen-bond donors (Lipinski definition) is 2. The van der Waals surface area contributed by atoms with Gasteiger partial charge in [0.05, 0.1) is 5.69 Å². The molecule has 170 valence electrons. The summed E-state index contributed by atoms with van der Waals surface area (Å²) in [6.45, 7) is 9.22. The van der Waals surface area contributed by atoms with Gasteiger partial charge in [-0.2, -0.15) is 4.98 Å². The highest BCUT2D eigenvalue weighted by molar-refractivity contribution is 6.32. The summed E-state index contributed by atoms with van der Waals surface area (Å²) in [6.07, 6.45) is 2.41. The van der Waals surface area contributed by atoms with Crippen molar-refractivity contribution in [3.05, 3.63) is 69.4 Å². The van der Waals surface area contributed by atoms with E-state index in [4.69, 9.17) is 16.3 Å². The molecule has 1 amide bonds. The Hall–Kier alpha value is -3.16. The fourth-order valence-electron chi connectivity index (χ4n) is 4.77. The van der Waals surface area contributed by atoms with E-state index in [1.165, 1.54) is 11.8 Å². The number of rotatable bonds is 3. The van der Waals surface area contributed by atoms with Gasteiger partial charge in [0.1, 0.15) is 5.56 Å². The van der Waals surface area contributed by atoms with Crippen LogP contribution in [0.2, 0.25) is 5.02 Å². The standard InChI is InChI=1S/C25H26ClN5O2/c1-14-6-5-7-15(2)21(14)31-13-33-22-18(23(31)32)12-27-24(30-22)29-17-10-16-8-9-28-25(3,4)20(16)19(26)11-17/h5-7,10-12,28H,8-9,13H2,1-4H3,(H,27,29,30). The van der Waals surface area contributed by atoms with Gasteiger partial charge in [-0.3, -0.25) is 9.69 Å². The number of halogens is 1. The van der Waals surface area contributed by atoms with Crippen LogP contribution in [0.1, 0.15) is 46.5 Å². The SMILES string of the molecule is Cc1cccc(C)c1N1COc2nc(Nc3cc(Cl)c4c(c3)CCNC4(C)C)ncc2C1=O. The third kappa shape index (κ3) is 3.81. The Balaban J connectivity index is 1.42. The van der Waals surface area contributed by atoms with Crippen molar-refractivity contribution >= 4 is 34.8 Å². The summed E-state index contributed by atoms with van der Waals surface area (Å²) in [6, 6.07) is 9.90. The van der Waals surface area contributed by atoms with Crippen molar-refractivity contribution in [2.45, 2.75) is 39.7 Å². The molecule has 2 aliphatic rings. The molecule has 0 atom stereocenters. The Morgan fingerprint density at radius 2 is 1.97 bits per heavy atom. The van der Waals surface area contributed by atoms with Gasteiger partial charge in [-0.25, -0.2) is 4.98 Å². The lowest BCUT2D eigenvalue weighted by Crippen LogP contribution is -2.42. The molecule has 0 saturated carbocycles. The van der Waals surface area contributed by atoms with Crippen molar-refractivity contribution in [2.24, 2.45) is 0 Å². The molecule has 0 bridgehead atoms. The number of anilines is 3. The van der Waals surface area contributed by atoms with E-state index in [2.05, 4.69) is 40.5 Å². The maximum absolute atomic E-state index is 13.2. The van der Waals surface area contributed by atoms with Gasteiger partial charge in [-0.15, -0.1) is 0 Å². The van der Waals surface area contributed by atoms with Crippen LogP contribution in [0.4, 0.5) is 17.3 Å². The number of benzene rings is 2. The Morgan fingerprint density at radius 1 is 1.21 bits per heavy atom. The van der Waals surface area contributed by atoms with Crippen LogP contribution < -0.4 is 20.3 Å². The van der Waals surface area contributed by atoms with Crippen molar-refractivity contribution in [2.75, 3.05) is 23.5 Å². The fourth-order valence-corrected chi connectivity index (χ4v) is 5.25. The number of fused-ring (bicyclic) bond motifs is 2. The number of carbonyl (C=O) groups excluding carboxylic acids is 1. The minimum absolute atomic E-state index is 0.0980. The number of amides is 1. The van der Waals surface area contributed by atoms with Gasteiger partial charge >= 0.3 is 0 Å². The average molecular weight is 464 g/mol. The quantitative estimate of drug-likeness (QED) is 0.577. The van der Waals surface area contributed by atoms with Gasteiger partial charge < -0.3 is 15.4 Å². The third-order valence-corrected chi connectivity index (χ3v) is 6.58. The van der Waals surface area contributed by atoms with E-state index in [1.54, 1.807) is 4.90 Å². The summed E-state index contributed by atoms with van der Waals surface area (Å²) in [4.78, 5) is 23.6. The van der Waals surface area contributed by atoms with E-state index >= 15 is 0 Å². The Bertz CT molecular complexity index is 1250. The van der Waals surface area contributed by atoms with Crippen molar-refractivity contribution < 1.29 is 9.53 Å². The van der Waals surface area contributed by atoms with Gasteiger partial charge in [0.15, 0.2) is 6.73 Å². The van der Waals surface area contributed by atoms with Gasteiger partial charge in [0.25, 0.3) is 5.91 Å². The summed E-state index contributed by atoms with van der Waals surface area (Å²) >= 11 is 6.64. The normalized spacial score (nSPS) is 16.6. The Labute approximate surface area is 198 Å². The van der Waals surface area contributed by atoms with Crippen molar-refractivity contribution in [3.63, 3.8) is 0 Å². The molecule has 5 rings (SSSR count). The van der Waals surface area contributed by atoms with Gasteiger partial charge in [-0.1, -0.05) is 29.8 Å². The lowest BCUT2D eigenvalue weighted by Gasteiger charge is -2.35. The summed E-state index contributed by atoms with van der Waals surface area (Å²) in [7, 11) is 0. The molecular formula is C25H26ClN5O2. The molecule has 2 aliphatic heterocycles. The van der Waals surface area contributed by atoms with E-state index in [-0.39, 0.29) is 24.1 Å². The number of ether oxygens (including phenoxy) is 1. The minimum Gasteiger partial charge on any atom is -0.455 e. The molecule has 3 aromatic rings. The molecule has 0 spiro atoms. The van der Waals surface area contributed by atoms with Gasteiger partial charge in [-0.05, 0) is 75.0 Å². The number of para-hydroxylation sites is 1. The first-order valence-electron chi connectivity index (χ1n) is 11.0. The van der Waals surface area contributed by atoms with Crippen LogP contribution in [0.15, 0.2) is 36.5 Å². The lowest BCUT2D eigenvalue weighted by atomic mass is 9.85. The van der Waals surface area contributed by atoms with Crippen LogP contribution in [-0.2, 0) is 12.0 Å². The number of nitrogens with one attached hydrogen (secondary N) is 2. The van der Waals surface area contributed by atoms with E-state index in [0.717, 1.165) is 41.0 Å². The van der Waals surface area contributed by atoms with Crippen LogP contribution in [0.25, 0.3) is 0 Å². The molecule has 0 saturated heterocycles. The predicted octanol–water partition coefficient (Wildman–Crippen LogP) is 4.87. The molecule has 8 heteroatoms. The zero-order valence-electron chi connectivity index (χ0n) is 19.1. The first-order chi connectivity index (χ1) is 15.7. The second-order valence-electron chi connectivity index (χ2n) is 9.08. The first kappa shape index (κ1) is 21.7. The Kier molecular flexibility index (Phi) is 5.26.